The molecule has 0 radical (unpaired) electrons. The molecular weight excluding hydrogens is 328 g/mol. The molecule has 2 rings (SSSR count). The fourth-order valence-electron chi connectivity index (χ4n) is 2.05. The fourth-order valence-corrected chi connectivity index (χ4v) is 3.36. The second-order valence-corrected chi connectivity index (χ2v) is 7.16. The maximum atomic E-state index is 12.7. The summed E-state index contributed by atoms with van der Waals surface area (Å²) in [4.78, 5) is 12.1. The molecule has 1 atom stereocenters. The highest BCUT2D eigenvalue weighted by Gasteiger charge is 2.19. The van der Waals surface area contributed by atoms with Gasteiger partial charge in [0, 0.05) is 5.69 Å². The predicted octanol–water partition coefficient (Wildman–Crippen LogP) is 2.20. The van der Waals surface area contributed by atoms with Gasteiger partial charge in [0.25, 0.3) is 0 Å². The molecule has 1 amide bonds. The highest BCUT2D eigenvalue weighted by molar-refractivity contribution is 7.91. The van der Waals surface area contributed by atoms with Crippen LogP contribution in [-0.2, 0) is 14.6 Å². The summed E-state index contributed by atoms with van der Waals surface area (Å²) in [5.74, 6) is 0.222. The molecule has 0 aromatic heterocycles. The topological polar surface area (TPSA) is 98.5 Å². The van der Waals surface area contributed by atoms with Crippen LogP contribution in [0.3, 0.4) is 0 Å². The van der Waals surface area contributed by atoms with E-state index in [9.17, 15) is 13.2 Å². The molecule has 0 aliphatic rings. The van der Waals surface area contributed by atoms with Crippen molar-refractivity contribution in [2.24, 2.45) is 5.73 Å². The Morgan fingerprint density at radius 2 is 1.83 bits per heavy atom. The first kappa shape index (κ1) is 18.0. The highest BCUT2D eigenvalue weighted by atomic mass is 32.2. The van der Waals surface area contributed by atoms with Gasteiger partial charge in [0.05, 0.1) is 22.9 Å². The Hall–Kier alpha value is -2.38. The molecule has 128 valence electrons. The van der Waals surface area contributed by atoms with E-state index in [1.54, 1.807) is 31.2 Å². The number of anilines is 1. The lowest BCUT2D eigenvalue weighted by atomic mass is 10.2. The second kappa shape index (κ2) is 7.46. The summed E-state index contributed by atoms with van der Waals surface area (Å²) in [5, 5.41) is 2.63. The maximum absolute atomic E-state index is 12.7. The molecular formula is C17H20N2O4S. The molecule has 24 heavy (non-hydrogen) atoms. The number of amides is 1. The Bertz CT molecular complexity index is 817. The molecule has 0 aliphatic heterocycles. The molecule has 0 saturated heterocycles. The van der Waals surface area contributed by atoms with Gasteiger partial charge in [-0.05, 0) is 48.9 Å². The number of sulfone groups is 1. The number of nitrogens with two attached hydrogens (primary N) is 1. The SMILES string of the molecule is CCC(N)C(=O)Nc1cccc(S(=O)(=O)c2ccc(OC)cc2)c1. The zero-order valence-corrected chi connectivity index (χ0v) is 14.3. The van der Waals surface area contributed by atoms with Crippen molar-refractivity contribution in [1.82, 2.24) is 0 Å². The van der Waals surface area contributed by atoms with E-state index in [0.717, 1.165) is 0 Å². The number of hydrogen-bond donors (Lipinski definition) is 2. The zero-order valence-electron chi connectivity index (χ0n) is 13.5. The Kier molecular flexibility index (Phi) is 5.58. The van der Waals surface area contributed by atoms with Crippen molar-refractivity contribution in [2.75, 3.05) is 12.4 Å². The van der Waals surface area contributed by atoms with Crippen LogP contribution in [0, 0.1) is 0 Å². The first-order valence-electron chi connectivity index (χ1n) is 7.44. The van der Waals surface area contributed by atoms with Gasteiger partial charge in [-0.1, -0.05) is 13.0 Å². The van der Waals surface area contributed by atoms with Gasteiger partial charge in [0.15, 0.2) is 0 Å². The zero-order chi connectivity index (χ0) is 17.7. The molecule has 0 heterocycles. The molecule has 6 nitrogen and oxygen atoms in total. The summed E-state index contributed by atoms with van der Waals surface area (Å²) in [6, 6.07) is 11.6. The fraction of sp³-hybridized carbons (Fsp3) is 0.235. The number of benzene rings is 2. The average molecular weight is 348 g/mol. The quantitative estimate of drug-likeness (QED) is 0.834. The molecule has 0 aliphatic carbocycles. The standard InChI is InChI=1S/C17H20N2O4S/c1-3-16(18)17(20)19-12-5-4-6-15(11-12)24(21,22)14-9-7-13(23-2)8-10-14/h4-11,16H,3,18H2,1-2H3,(H,19,20). The van der Waals surface area contributed by atoms with Gasteiger partial charge >= 0.3 is 0 Å². The normalized spacial score (nSPS) is 12.5. The largest absolute Gasteiger partial charge is 0.497 e. The summed E-state index contributed by atoms with van der Waals surface area (Å²) in [5.41, 5.74) is 6.05. The number of ether oxygens (including phenoxy) is 1. The van der Waals surface area contributed by atoms with Crippen LogP contribution < -0.4 is 15.8 Å². The van der Waals surface area contributed by atoms with Gasteiger partial charge in [0.1, 0.15) is 5.75 Å². The van der Waals surface area contributed by atoms with E-state index in [-0.39, 0.29) is 15.7 Å². The monoisotopic (exact) mass is 348 g/mol. The van der Waals surface area contributed by atoms with Crippen LogP contribution in [0.2, 0.25) is 0 Å². The van der Waals surface area contributed by atoms with Gasteiger partial charge in [-0.2, -0.15) is 0 Å². The number of rotatable bonds is 6. The predicted molar refractivity (Wildman–Crippen MR) is 91.8 cm³/mol. The van der Waals surface area contributed by atoms with Gasteiger partial charge in [-0.3, -0.25) is 4.79 Å². The number of hydrogen-bond acceptors (Lipinski definition) is 5. The molecule has 7 heteroatoms. The van der Waals surface area contributed by atoms with Gasteiger partial charge < -0.3 is 15.8 Å². The summed E-state index contributed by atoms with van der Waals surface area (Å²) < 4.78 is 30.4. The molecule has 0 saturated carbocycles. The van der Waals surface area contributed by atoms with E-state index in [2.05, 4.69) is 5.32 Å². The van der Waals surface area contributed by atoms with Crippen LogP contribution in [0.4, 0.5) is 5.69 Å². The van der Waals surface area contributed by atoms with Crippen molar-refractivity contribution < 1.29 is 17.9 Å². The molecule has 1 unspecified atom stereocenters. The average Bonchev–Trinajstić information content (AvgIpc) is 2.61. The Labute approximate surface area is 141 Å². The lowest BCUT2D eigenvalue weighted by Gasteiger charge is -2.11. The summed E-state index contributed by atoms with van der Waals surface area (Å²) in [7, 11) is -2.18. The summed E-state index contributed by atoms with van der Waals surface area (Å²) in [6.45, 7) is 1.80. The smallest absolute Gasteiger partial charge is 0.241 e. The van der Waals surface area contributed by atoms with Crippen molar-refractivity contribution in [3.05, 3.63) is 48.5 Å². The third kappa shape index (κ3) is 3.93. The molecule has 2 aromatic rings. The number of carbonyl (C=O) groups excluding carboxylic acids is 1. The van der Waals surface area contributed by atoms with E-state index >= 15 is 0 Å². The van der Waals surface area contributed by atoms with Crippen LogP contribution in [0.5, 0.6) is 5.75 Å². The van der Waals surface area contributed by atoms with E-state index in [0.29, 0.717) is 17.9 Å². The number of carbonyl (C=O) groups is 1. The van der Waals surface area contributed by atoms with Crippen LogP contribution in [0.25, 0.3) is 0 Å². The minimum absolute atomic E-state index is 0.0931. The van der Waals surface area contributed by atoms with Crippen LogP contribution in [-0.4, -0.2) is 27.5 Å². The third-order valence-electron chi connectivity index (χ3n) is 3.56. The van der Waals surface area contributed by atoms with Crippen molar-refractivity contribution in [2.45, 2.75) is 29.2 Å². The number of methoxy groups -OCH3 is 1. The Morgan fingerprint density at radius 1 is 1.17 bits per heavy atom. The molecule has 0 bridgehead atoms. The van der Waals surface area contributed by atoms with Crippen LogP contribution in [0.15, 0.2) is 58.3 Å². The lowest BCUT2D eigenvalue weighted by molar-refractivity contribution is -0.117. The van der Waals surface area contributed by atoms with Crippen molar-refractivity contribution in [1.29, 1.82) is 0 Å². The third-order valence-corrected chi connectivity index (χ3v) is 5.33. The van der Waals surface area contributed by atoms with E-state index in [4.69, 9.17) is 10.5 Å². The second-order valence-electron chi connectivity index (χ2n) is 5.21. The minimum atomic E-state index is -3.69. The minimum Gasteiger partial charge on any atom is -0.497 e. The Morgan fingerprint density at radius 3 is 2.42 bits per heavy atom. The first-order chi connectivity index (χ1) is 11.4. The van der Waals surface area contributed by atoms with Crippen molar-refractivity contribution >= 4 is 21.4 Å². The Balaban J connectivity index is 2.30. The molecule has 3 N–H and O–H groups in total. The maximum Gasteiger partial charge on any atom is 0.241 e. The van der Waals surface area contributed by atoms with E-state index in [1.165, 1.54) is 31.4 Å². The van der Waals surface area contributed by atoms with Crippen LogP contribution in [0.1, 0.15) is 13.3 Å². The number of nitrogens with one attached hydrogen (secondary N) is 1. The van der Waals surface area contributed by atoms with Crippen molar-refractivity contribution in [3.8, 4) is 5.75 Å². The van der Waals surface area contributed by atoms with Gasteiger partial charge in [0.2, 0.25) is 15.7 Å². The highest BCUT2D eigenvalue weighted by Crippen LogP contribution is 2.25. The lowest BCUT2D eigenvalue weighted by Crippen LogP contribution is -2.34. The van der Waals surface area contributed by atoms with E-state index in [1.807, 2.05) is 0 Å². The molecule has 0 spiro atoms. The van der Waals surface area contributed by atoms with E-state index < -0.39 is 15.9 Å². The van der Waals surface area contributed by atoms with Crippen LogP contribution >= 0.6 is 0 Å². The van der Waals surface area contributed by atoms with Gasteiger partial charge in [-0.25, -0.2) is 8.42 Å². The van der Waals surface area contributed by atoms with Gasteiger partial charge in [-0.15, -0.1) is 0 Å². The summed E-state index contributed by atoms with van der Waals surface area (Å²) >= 11 is 0. The summed E-state index contributed by atoms with van der Waals surface area (Å²) in [6.07, 6.45) is 0.496. The van der Waals surface area contributed by atoms with Crippen molar-refractivity contribution in [3.63, 3.8) is 0 Å². The molecule has 2 aromatic carbocycles. The molecule has 0 fully saturated rings. The first-order valence-corrected chi connectivity index (χ1v) is 8.92.